The number of halogens is 1. The summed E-state index contributed by atoms with van der Waals surface area (Å²) in [6, 6.07) is 5.51. The molecule has 120 valence electrons. The zero-order valence-electron chi connectivity index (χ0n) is 13.0. The Labute approximate surface area is 135 Å². The third kappa shape index (κ3) is 3.63. The van der Waals surface area contributed by atoms with Crippen molar-refractivity contribution in [2.75, 3.05) is 29.9 Å². The fraction of sp³-hybridized carbons (Fsp3) is 0.588. The van der Waals surface area contributed by atoms with Crippen molar-refractivity contribution in [3.05, 3.63) is 29.6 Å². The number of nitrogens with one attached hydrogen (secondary N) is 1. The van der Waals surface area contributed by atoms with E-state index in [4.69, 9.17) is 0 Å². The summed E-state index contributed by atoms with van der Waals surface area (Å²) in [7, 11) is 0. The van der Waals surface area contributed by atoms with E-state index in [9.17, 15) is 9.18 Å². The molecule has 2 fully saturated rings. The second kappa shape index (κ2) is 7.01. The van der Waals surface area contributed by atoms with Crippen LogP contribution in [-0.2, 0) is 4.79 Å². The van der Waals surface area contributed by atoms with Crippen molar-refractivity contribution in [2.45, 2.75) is 32.2 Å². The summed E-state index contributed by atoms with van der Waals surface area (Å²) < 4.78 is 13.7. The number of anilines is 1. The Balaban J connectivity index is 1.54. The molecule has 0 spiro atoms. The molecule has 2 aliphatic rings. The minimum Gasteiger partial charge on any atom is -0.323 e. The first-order valence-electron chi connectivity index (χ1n) is 8.02. The molecule has 1 aromatic carbocycles. The maximum Gasteiger partial charge on any atom is 0.227 e. The number of hydrogen-bond donors (Lipinski definition) is 1. The molecule has 1 aromatic rings. The molecule has 0 aliphatic carbocycles. The fourth-order valence-electron chi connectivity index (χ4n) is 3.31. The lowest BCUT2D eigenvalue weighted by Gasteiger charge is -2.35. The van der Waals surface area contributed by atoms with E-state index >= 15 is 0 Å². The van der Waals surface area contributed by atoms with Crippen LogP contribution >= 0.6 is 11.8 Å². The van der Waals surface area contributed by atoms with Gasteiger partial charge in [-0.2, -0.15) is 11.8 Å². The number of carbonyl (C=O) groups excluding carboxylic acids is 1. The SMILES string of the molecule is Cc1ccc(F)c(NC(=O)C2CCN([C@H]3CCSC3)CC2)c1. The summed E-state index contributed by atoms with van der Waals surface area (Å²) >= 11 is 2.03. The number of likely N-dealkylation sites (tertiary alicyclic amines) is 1. The lowest BCUT2D eigenvalue weighted by Crippen LogP contribution is -2.43. The number of nitrogens with zero attached hydrogens (tertiary/aromatic N) is 1. The number of thioether (sulfide) groups is 1. The predicted molar refractivity (Wildman–Crippen MR) is 89.8 cm³/mol. The minimum absolute atomic E-state index is 0.00483. The number of amides is 1. The maximum absolute atomic E-state index is 13.7. The normalized spacial score (nSPS) is 23.6. The second-order valence-electron chi connectivity index (χ2n) is 6.30. The maximum atomic E-state index is 13.7. The van der Waals surface area contributed by atoms with Crippen molar-refractivity contribution in [1.29, 1.82) is 0 Å². The van der Waals surface area contributed by atoms with Gasteiger partial charge < -0.3 is 5.32 Å². The van der Waals surface area contributed by atoms with Gasteiger partial charge in [0.1, 0.15) is 5.82 Å². The molecule has 0 aromatic heterocycles. The molecule has 2 heterocycles. The largest absolute Gasteiger partial charge is 0.323 e. The minimum atomic E-state index is -0.362. The lowest BCUT2D eigenvalue weighted by atomic mass is 9.94. The second-order valence-corrected chi connectivity index (χ2v) is 7.45. The van der Waals surface area contributed by atoms with E-state index < -0.39 is 0 Å². The van der Waals surface area contributed by atoms with Crippen molar-refractivity contribution in [2.24, 2.45) is 5.92 Å². The highest BCUT2D eigenvalue weighted by Gasteiger charge is 2.30. The van der Waals surface area contributed by atoms with Crippen LogP contribution in [-0.4, -0.2) is 41.4 Å². The van der Waals surface area contributed by atoms with Gasteiger partial charge in [-0.25, -0.2) is 4.39 Å². The number of rotatable bonds is 3. The molecule has 0 radical (unpaired) electrons. The Morgan fingerprint density at radius 1 is 1.32 bits per heavy atom. The highest BCUT2D eigenvalue weighted by molar-refractivity contribution is 7.99. The number of carbonyl (C=O) groups is 1. The molecule has 3 nitrogen and oxygen atoms in total. The summed E-state index contributed by atoms with van der Waals surface area (Å²) in [5.74, 6) is 2.10. The molecule has 2 aliphatic heterocycles. The first-order valence-corrected chi connectivity index (χ1v) is 9.18. The standard InChI is InChI=1S/C17H23FN2OS/c1-12-2-3-15(18)16(10-12)19-17(21)13-4-7-20(8-5-13)14-6-9-22-11-14/h2-3,10,13-14H,4-9,11H2,1H3,(H,19,21)/t14-/m0/s1. The molecule has 2 saturated heterocycles. The molecule has 1 N–H and O–H groups in total. The van der Waals surface area contributed by atoms with E-state index in [-0.39, 0.29) is 17.6 Å². The van der Waals surface area contributed by atoms with Gasteiger partial charge in [-0.3, -0.25) is 9.69 Å². The summed E-state index contributed by atoms with van der Waals surface area (Å²) in [4.78, 5) is 14.9. The van der Waals surface area contributed by atoms with Crippen LogP contribution in [0.15, 0.2) is 18.2 Å². The zero-order valence-corrected chi connectivity index (χ0v) is 13.8. The van der Waals surface area contributed by atoms with Crippen molar-refractivity contribution < 1.29 is 9.18 Å². The van der Waals surface area contributed by atoms with E-state index in [1.54, 1.807) is 12.1 Å². The van der Waals surface area contributed by atoms with Crippen LogP contribution in [0.2, 0.25) is 0 Å². The summed E-state index contributed by atoms with van der Waals surface area (Å²) in [6.45, 7) is 3.87. The Kier molecular flexibility index (Phi) is 5.03. The van der Waals surface area contributed by atoms with Crippen LogP contribution in [0, 0.1) is 18.7 Å². The van der Waals surface area contributed by atoms with Crippen LogP contribution in [0.1, 0.15) is 24.8 Å². The first-order chi connectivity index (χ1) is 10.6. The number of benzene rings is 1. The predicted octanol–water partition coefficient (Wildman–Crippen LogP) is 3.29. The monoisotopic (exact) mass is 322 g/mol. The Morgan fingerprint density at radius 3 is 2.77 bits per heavy atom. The van der Waals surface area contributed by atoms with Gasteiger partial charge in [0.2, 0.25) is 5.91 Å². The van der Waals surface area contributed by atoms with Gasteiger partial charge in [-0.1, -0.05) is 6.07 Å². The molecular weight excluding hydrogens is 299 g/mol. The first kappa shape index (κ1) is 15.8. The zero-order chi connectivity index (χ0) is 15.5. The highest BCUT2D eigenvalue weighted by Crippen LogP contribution is 2.27. The molecule has 5 heteroatoms. The fourth-order valence-corrected chi connectivity index (χ4v) is 4.56. The molecule has 1 atom stereocenters. The average Bonchev–Trinajstić information content (AvgIpc) is 3.05. The molecule has 0 saturated carbocycles. The Morgan fingerprint density at radius 2 is 2.09 bits per heavy atom. The van der Waals surface area contributed by atoms with Gasteiger partial charge in [0, 0.05) is 17.7 Å². The quantitative estimate of drug-likeness (QED) is 0.927. The molecule has 1 amide bonds. The van der Waals surface area contributed by atoms with Gasteiger partial charge in [0.05, 0.1) is 5.69 Å². The molecule has 22 heavy (non-hydrogen) atoms. The summed E-state index contributed by atoms with van der Waals surface area (Å²) in [5, 5.41) is 2.77. The van der Waals surface area contributed by atoms with Gasteiger partial charge in [-0.15, -0.1) is 0 Å². The Hall–Kier alpha value is -1.07. The van der Waals surface area contributed by atoms with E-state index in [1.165, 1.54) is 24.0 Å². The smallest absolute Gasteiger partial charge is 0.227 e. The number of hydrogen-bond acceptors (Lipinski definition) is 3. The van der Waals surface area contributed by atoms with Crippen LogP contribution in [0.25, 0.3) is 0 Å². The third-order valence-electron chi connectivity index (χ3n) is 4.70. The summed E-state index contributed by atoms with van der Waals surface area (Å²) in [5.41, 5.74) is 1.25. The average molecular weight is 322 g/mol. The molecule has 0 bridgehead atoms. The highest BCUT2D eigenvalue weighted by atomic mass is 32.2. The third-order valence-corrected chi connectivity index (χ3v) is 5.85. The van der Waals surface area contributed by atoms with Crippen molar-refractivity contribution in [1.82, 2.24) is 4.90 Å². The van der Waals surface area contributed by atoms with Crippen molar-refractivity contribution in [3.8, 4) is 0 Å². The lowest BCUT2D eigenvalue weighted by molar-refractivity contribution is -0.121. The molecular formula is C17H23FN2OS. The van der Waals surface area contributed by atoms with Crippen LogP contribution < -0.4 is 5.32 Å². The topological polar surface area (TPSA) is 32.3 Å². The van der Waals surface area contributed by atoms with Gasteiger partial charge in [0.25, 0.3) is 0 Å². The van der Waals surface area contributed by atoms with Gasteiger partial charge in [0.15, 0.2) is 0 Å². The van der Waals surface area contributed by atoms with Crippen molar-refractivity contribution in [3.63, 3.8) is 0 Å². The number of aryl methyl sites for hydroxylation is 1. The van der Waals surface area contributed by atoms with Crippen molar-refractivity contribution >= 4 is 23.4 Å². The Bertz CT molecular complexity index is 537. The van der Waals surface area contributed by atoms with Gasteiger partial charge in [-0.05, 0) is 62.7 Å². The van der Waals surface area contributed by atoms with E-state index in [1.807, 2.05) is 18.7 Å². The van der Waals surface area contributed by atoms with E-state index in [2.05, 4.69) is 10.2 Å². The van der Waals surface area contributed by atoms with Crippen LogP contribution in [0.4, 0.5) is 10.1 Å². The number of piperidine rings is 1. The van der Waals surface area contributed by atoms with Gasteiger partial charge >= 0.3 is 0 Å². The molecule has 3 rings (SSSR count). The van der Waals surface area contributed by atoms with Crippen LogP contribution in [0.3, 0.4) is 0 Å². The molecule has 0 unspecified atom stereocenters. The van der Waals surface area contributed by atoms with E-state index in [0.29, 0.717) is 11.7 Å². The van der Waals surface area contributed by atoms with Crippen LogP contribution in [0.5, 0.6) is 0 Å². The van der Waals surface area contributed by atoms with E-state index in [0.717, 1.165) is 31.5 Å². The summed E-state index contributed by atoms with van der Waals surface area (Å²) in [6.07, 6.45) is 3.02.